The Balaban J connectivity index is 1.82. The largest absolute Gasteiger partial charge is 0.292 e. The first-order valence-electron chi connectivity index (χ1n) is 7.84. The number of benzene rings is 1. The number of aromatic nitrogens is 2. The van der Waals surface area contributed by atoms with Gasteiger partial charge in [0, 0.05) is 13.0 Å². The molecule has 1 atom stereocenters. The van der Waals surface area contributed by atoms with Gasteiger partial charge < -0.3 is 0 Å². The predicted molar refractivity (Wildman–Crippen MR) is 83.7 cm³/mol. The molecule has 1 aliphatic carbocycles. The van der Waals surface area contributed by atoms with Crippen molar-refractivity contribution in [2.24, 2.45) is 0 Å². The van der Waals surface area contributed by atoms with Gasteiger partial charge in [0.15, 0.2) is 5.78 Å². The minimum absolute atomic E-state index is 0.221. The summed E-state index contributed by atoms with van der Waals surface area (Å²) in [5.74, 6) is 0.585. The standard InChI is InChI=1S/C18H22N2O/c1-3-20-17(11-13(2)19-20)18(21)12-15-9-6-8-14-7-4-5-10-16(14)15/h4-5,7,10-11,15H,3,6,8-9,12H2,1-2H3. The number of Topliss-reactive ketones (excluding diaryl/α,β-unsaturated/α-hetero) is 1. The summed E-state index contributed by atoms with van der Waals surface area (Å²) in [6, 6.07) is 10.5. The van der Waals surface area contributed by atoms with Crippen LogP contribution >= 0.6 is 0 Å². The molecule has 1 heterocycles. The van der Waals surface area contributed by atoms with E-state index in [-0.39, 0.29) is 5.78 Å². The Morgan fingerprint density at radius 1 is 1.38 bits per heavy atom. The quantitative estimate of drug-likeness (QED) is 0.797. The van der Waals surface area contributed by atoms with Crippen molar-refractivity contribution < 1.29 is 4.79 Å². The molecule has 2 aromatic rings. The molecule has 0 aliphatic heterocycles. The van der Waals surface area contributed by atoms with Crippen molar-refractivity contribution in [1.29, 1.82) is 0 Å². The SMILES string of the molecule is CCn1nc(C)cc1C(=O)CC1CCCc2ccccc21. The Bertz CT molecular complexity index is 657. The third-order valence-corrected chi connectivity index (χ3v) is 4.41. The zero-order valence-corrected chi connectivity index (χ0v) is 12.8. The van der Waals surface area contributed by atoms with Crippen molar-refractivity contribution in [3.8, 4) is 0 Å². The van der Waals surface area contributed by atoms with Crippen molar-refractivity contribution in [3.63, 3.8) is 0 Å². The van der Waals surface area contributed by atoms with Gasteiger partial charge in [-0.05, 0) is 56.2 Å². The molecule has 0 radical (unpaired) electrons. The van der Waals surface area contributed by atoms with Crippen molar-refractivity contribution in [1.82, 2.24) is 9.78 Å². The second-order valence-corrected chi connectivity index (χ2v) is 5.90. The smallest absolute Gasteiger partial charge is 0.181 e. The van der Waals surface area contributed by atoms with Gasteiger partial charge in [-0.2, -0.15) is 5.10 Å². The summed E-state index contributed by atoms with van der Waals surface area (Å²) >= 11 is 0. The maximum Gasteiger partial charge on any atom is 0.181 e. The zero-order chi connectivity index (χ0) is 14.8. The predicted octanol–water partition coefficient (Wildman–Crippen LogP) is 3.90. The molecule has 1 unspecified atom stereocenters. The lowest BCUT2D eigenvalue weighted by Crippen LogP contribution is -2.16. The van der Waals surface area contributed by atoms with Crippen LogP contribution in [0, 0.1) is 6.92 Å². The Hall–Kier alpha value is -1.90. The minimum Gasteiger partial charge on any atom is -0.292 e. The summed E-state index contributed by atoms with van der Waals surface area (Å²) < 4.78 is 1.83. The van der Waals surface area contributed by atoms with Crippen LogP contribution in [0.4, 0.5) is 0 Å². The molecule has 21 heavy (non-hydrogen) atoms. The van der Waals surface area contributed by atoms with Crippen molar-refractivity contribution in [2.75, 3.05) is 0 Å². The fourth-order valence-corrected chi connectivity index (χ4v) is 3.41. The Labute approximate surface area is 126 Å². The molecule has 1 aromatic heterocycles. The molecule has 110 valence electrons. The number of nitrogens with zero attached hydrogens (tertiary/aromatic N) is 2. The van der Waals surface area contributed by atoms with Crippen LogP contribution in [0.2, 0.25) is 0 Å². The average Bonchev–Trinajstić information content (AvgIpc) is 2.89. The van der Waals surface area contributed by atoms with Gasteiger partial charge >= 0.3 is 0 Å². The van der Waals surface area contributed by atoms with Gasteiger partial charge in [-0.3, -0.25) is 9.48 Å². The van der Waals surface area contributed by atoms with Crippen LogP contribution in [0.5, 0.6) is 0 Å². The summed E-state index contributed by atoms with van der Waals surface area (Å²) in [7, 11) is 0. The molecule has 0 saturated heterocycles. The molecule has 0 spiro atoms. The third-order valence-electron chi connectivity index (χ3n) is 4.41. The fraction of sp³-hybridized carbons (Fsp3) is 0.444. The Morgan fingerprint density at radius 2 is 2.19 bits per heavy atom. The lowest BCUT2D eigenvalue weighted by molar-refractivity contribution is 0.0960. The summed E-state index contributed by atoms with van der Waals surface area (Å²) in [6.45, 7) is 4.72. The van der Waals surface area contributed by atoms with Gasteiger partial charge in [0.2, 0.25) is 0 Å². The van der Waals surface area contributed by atoms with Gasteiger partial charge in [0.1, 0.15) is 5.69 Å². The molecule has 3 rings (SSSR count). The Morgan fingerprint density at radius 3 is 3.00 bits per heavy atom. The minimum atomic E-state index is 0.221. The van der Waals surface area contributed by atoms with Crippen LogP contribution in [0.1, 0.15) is 59.4 Å². The van der Waals surface area contributed by atoms with E-state index in [4.69, 9.17) is 0 Å². The van der Waals surface area contributed by atoms with Crippen LogP contribution in [0.3, 0.4) is 0 Å². The second kappa shape index (κ2) is 5.84. The highest BCUT2D eigenvalue weighted by molar-refractivity contribution is 5.95. The number of rotatable bonds is 4. The molecule has 1 aromatic carbocycles. The van der Waals surface area contributed by atoms with Gasteiger partial charge in [-0.15, -0.1) is 0 Å². The fourth-order valence-electron chi connectivity index (χ4n) is 3.41. The molecule has 0 amide bonds. The molecule has 0 N–H and O–H groups in total. The maximum absolute atomic E-state index is 12.7. The van der Waals surface area contributed by atoms with Crippen LogP contribution in [-0.2, 0) is 13.0 Å². The van der Waals surface area contributed by atoms with E-state index in [9.17, 15) is 4.79 Å². The van der Waals surface area contributed by atoms with E-state index < -0.39 is 0 Å². The maximum atomic E-state index is 12.7. The number of ketones is 1. The van der Waals surface area contributed by atoms with E-state index in [0.717, 1.165) is 30.8 Å². The number of aryl methyl sites for hydroxylation is 3. The van der Waals surface area contributed by atoms with Gasteiger partial charge in [0.25, 0.3) is 0 Å². The molecule has 3 heteroatoms. The summed E-state index contributed by atoms with van der Waals surface area (Å²) in [5.41, 5.74) is 4.47. The molecule has 3 nitrogen and oxygen atoms in total. The first kappa shape index (κ1) is 14.1. The molecule has 0 fully saturated rings. The van der Waals surface area contributed by atoms with E-state index in [0.29, 0.717) is 12.3 Å². The van der Waals surface area contributed by atoms with E-state index in [1.54, 1.807) is 0 Å². The lowest BCUT2D eigenvalue weighted by atomic mass is 9.80. The van der Waals surface area contributed by atoms with Crippen molar-refractivity contribution in [3.05, 3.63) is 52.8 Å². The number of fused-ring (bicyclic) bond motifs is 1. The highest BCUT2D eigenvalue weighted by Crippen LogP contribution is 2.34. The van der Waals surface area contributed by atoms with Crippen LogP contribution in [-0.4, -0.2) is 15.6 Å². The first-order valence-corrected chi connectivity index (χ1v) is 7.84. The van der Waals surface area contributed by atoms with Crippen LogP contribution in [0.15, 0.2) is 30.3 Å². The van der Waals surface area contributed by atoms with Gasteiger partial charge in [-0.25, -0.2) is 0 Å². The van der Waals surface area contributed by atoms with E-state index >= 15 is 0 Å². The average molecular weight is 282 g/mol. The number of carbonyl (C=O) groups is 1. The van der Waals surface area contributed by atoms with Crippen molar-refractivity contribution in [2.45, 2.75) is 52.0 Å². The summed E-state index contributed by atoms with van der Waals surface area (Å²) in [4.78, 5) is 12.7. The molecule has 0 saturated carbocycles. The number of hydrogen-bond acceptors (Lipinski definition) is 2. The molecule has 1 aliphatic rings. The second-order valence-electron chi connectivity index (χ2n) is 5.90. The summed E-state index contributed by atoms with van der Waals surface area (Å²) in [6.07, 6.45) is 4.04. The van der Waals surface area contributed by atoms with E-state index in [2.05, 4.69) is 29.4 Å². The monoisotopic (exact) mass is 282 g/mol. The molecule has 0 bridgehead atoms. The third kappa shape index (κ3) is 2.78. The topological polar surface area (TPSA) is 34.9 Å². The molecular formula is C18H22N2O. The first-order chi connectivity index (χ1) is 10.2. The normalized spacial score (nSPS) is 17.5. The zero-order valence-electron chi connectivity index (χ0n) is 12.8. The highest BCUT2D eigenvalue weighted by atomic mass is 16.1. The van der Waals surface area contributed by atoms with Crippen LogP contribution < -0.4 is 0 Å². The summed E-state index contributed by atoms with van der Waals surface area (Å²) in [5, 5.41) is 4.38. The van der Waals surface area contributed by atoms with E-state index in [1.165, 1.54) is 17.5 Å². The lowest BCUT2D eigenvalue weighted by Gasteiger charge is -2.24. The number of carbonyl (C=O) groups excluding carboxylic acids is 1. The number of hydrogen-bond donors (Lipinski definition) is 0. The Kier molecular flexibility index (Phi) is 3.91. The van der Waals surface area contributed by atoms with Gasteiger partial charge in [-0.1, -0.05) is 24.3 Å². The highest BCUT2D eigenvalue weighted by Gasteiger charge is 2.24. The van der Waals surface area contributed by atoms with E-state index in [1.807, 2.05) is 24.6 Å². The van der Waals surface area contributed by atoms with Gasteiger partial charge in [0.05, 0.1) is 5.69 Å². The van der Waals surface area contributed by atoms with Crippen LogP contribution in [0.25, 0.3) is 0 Å². The molecular weight excluding hydrogens is 260 g/mol. The van der Waals surface area contributed by atoms with Crippen molar-refractivity contribution >= 4 is 5.78 Å².